The highest BCUT2D eigenvalue weighted by atomic mass is 35.5. The number of hydrogen-bond acceptors (Lipinski definition) is 5. The molecule has 1 aliphatic heterocycles. The van der Waals surface area contributed by atoms with Gasteiger partial charge in [0.25, 0.3) is 5.91 Å². The number of rotatable bonds is 7. The zero-order chi connectivity index (χ0) is 26.6. The number of halogens is 7. The number of hydrogen-bond donors (Lipinski definition) is 1. The Morgan fingerprint density at radius 3 is 2.56 bits per heavy atom. The van der Waals surface area contributed by atoms with E-state index in [9.17, 15) is 35.9 Å². The third-order valence-corrected chi connectivity index (χ3v) is 5.35. The molecule has 2 aromatic carbocycles. The van der Waals surface area contributed by atoms with Crippen molar-refractivity contribution in [2.45, 2.75) is 25.4 Å². The first kappa shape index (κ1) is 27.1. The fraction of sp³-hybridized carbons (Fsp3) is 0.318. The van der Waals surface area contributed by atoms with E-state index in [-0.39, 0.29) is 5.69 Å². The molecule has 14 heteroatoms. The normalized spacial score (nSPS) is 15.1. The smallest absolute Gasteiger partial charge is 0.422 e. The van der Waals surface area contributed by atoms with Crippen LogP contribution in [0.25, 0.3) is 0 Å². The number of amides is 2. The summed E-state index contributed by atoms with van der Waals surface area (Å²) in [4.78, 5) is 25.3. The average molecular weight is 537 g/mol. The number of benzene rings is 2. The van der Waals surface area contributed by atoms with Gasteiger partial charge in [-0.15, -0.1) is 0 Å². The molecule has 0 aliphatic carbocycles. The Labute approximate surface area is 206 Å². The fourth-order valence-electron chi connectivity index (χ4n) is 3.38. The maximum atomic E-state index is 15.0. The predicted molar refractivity (Wildman–Crippen MR) is 120 cm³/mol. The molecule has 3 rings (SSSR count). The van der Waals surface area contributed by atoms with Crippen molar-refractivity contribution >= 4 is 41.1 Å². The van der Waals surface area contributed by atoms with E-state index in [1.165, 1.54) is 11.9 Å². The summed E-state index contributed by atoms with van der Waals surface area (Å²) in [6.07, 6.45) is -2.36. The molecule has 2 aromatic rings. The van der Waals surface area contributed by atoms with Crippen LogP contribution >= 0.6 is 11.6 Å². The SMILES string of the molecule is CN(/N=C1/CCCCN1C=O)c1cc(OCC(F)(F)F)c(C(=O)Nc2c(F)cc(F)cc2Cl)cc1F. The zero-order valence-electron chi connectivity index (χ0n) is 18.6. The molecule has 194 valence electrons. The summed E-state index contributed by atoms with van der Waals surface area (Å²) in [5, 5.41) is 6.62. The van der Waals surface area contributed by atoms with E-state index in [1.54, 1.807) is 0 Å². The quantitative estimate of drug-likeness (QED) is 0.294. The van der Waals surface area contributed by atoms with E-state index < -0.39 is 58.2 Å². The van der Waals surface area contributed by atoms with Gasteiger partial charge in [-0.3, -0.25) is 14.6 Å². The highest BCUT2D eigenvalue weighted by Crippen LogP contribution is 2.33. The first-order valence-corrected chi connectivity index (χ1v) is 10.8. The van der Waals surface area contributed by atoms with Gasteiger partial charge in [0, 0.05) is 32.1 Å². The van der Waals surface area contributed by atoms with E-state index in [1.807, 2.05) is 5.32 Å². The van der Waals surface area contributed by atoms with Crippen molar-refractivity contribution in [3.05, 3.63) is 52.3 Å². The van der Waals surface area contributed by atoms with Crippen molar-refractivity contribution in [2.75, 3.05) is 30.5 Å². The van der Waals surface area contributed by atoms with Gasteiger partial charge in [0.1, 0.15) is 23.2 Å². The highest BCUT2D eigenvalue weighted by molar-refractivity contribution is 6.34. The Bertz CT molecular complexity index is 1170. The second-order valence-corrected chi connectivity index (χ2v) is 8.11. The summed E-state index contributed by atoms with van der Waals surface area (Å²) < 4.78 is 85.6. The first-order chi connectivity index (χ1) is 16.9. The van der Waals surface area contributed by atoms with Crippen LogP contribution in [0.2, 0.25) is 5.02 Å². The van der Waals surface area contributed by atoms with Crippen LogP contribution in [0.3, 0.4) is 0 Å². The van der Waals surface area contributed by atoms with Gasteiger partial charge < -0.3 is 15.0 Å². The van der Waals surface area contributed by atoms with Gasteiger partial charge in [-0.2, -0.15) is 18.3 Å². The maximum absolute atomic E-state index is 15.0. The Kier molecular flexibility index (Phi) is 8.33. The molecule has 1 fully saturated rings. The molecule has 7 nitrogen and oxygen atoms in total. The minimum Gasteiger partial charge on any atom is -0.483 e. The van der Waals surface area contributed by atoms with Gasteiger partial charge in [0.15, 0.2) is 12.4 Å². The van der Waals surface area contributed by atoms with Crippen molar-refractivity contribution in [1.29, 1.82) is 0 Å². The minimum absolute atomic E-state index is 0.319. The summed E-state index contributed by atoms with van der Waals surface area (Å²) >= 11 is 5.74. The van der Waals surface area contributed by atoms with Crippen molar-refractivity contribution < 1.29 is 40.7 Å². The number of hydrazone groups is 1. The number of nitrogens with one attached hydrogen (secondary N) is 1. The number of piperidine rings is 1. The molecule has 0 bridgehead atoms. The van der Waals surface area contributed by atoms with E-state index >= 15 is 0 Å². The third-order valence-electron chi connectivity index (χ3n) is 5.05. The number of carbonyl (C=O) groups excluding carboxylic acids is 2. The van der Waals surface area contributed by atoms with Crippen LogP contribution in [0, 0.1) is 17.5 Å². The fourth-order valence-corrected chi connectivity index (χ4v) is 3.62. The lowest BCUT2D eigenvalue weighted by molar-refractivity contribution is -0.153. The molecule has 1 N–H and O–H groups in total. The van der Waals surface area contributed by atoms with Gasteiger partial charge in [-0.05, 0) is 25.0 Å². The molecule has 0 saturated carbocycles. The van der Waals surface area contributed by atoms with Crippen LogP contribution in [0.1, 0.15) is 29.6 Å². The molecule has 0 aromatic heterocycles. The van der Waals surface area contributed by atoms with Crippen LogP contribution in [0.5, 0.6) is 5.75 Å². The summed E-state index contributed by atoms with van der Waals surface area (Å²) in [5.41, 5.74) is -1.74. The number of amidine groups is 1. The van der Waals surface area contributed by atoms with Crippen LogP contribution < -0.4 is 15.1 Å². The van der Waals surface area contributed by atoms with Gasteiger partial charge >= 0.3 is 6.18 Å². The van der Waals surface area contributed by atoms with Crippen molar-refractivity contribution in [3.63, 3.8) is 0 Å². The Balaban J connectivity index is 1.99. The standard InChI is InChI=1S/C22H19ClF6N4O3/c1-32(31-19-4-2-3-5-33(19)11-34)17-9-18(36-10-22(27,28)29)13(8-15(17)25)21(35)30-20-14(23)6-12(24)7-16(20)26/h6-9,11H,2-5,10H2,1H3,(H,30,35)/b31-19-. The van der Waals surface area contributed by atoms with Crippen molar-refractivity contribution in [1.82, 2.24) is 4.90 Å². The minimum atomic E-state index is -4.80. The molecule has 0 spiro atoms. The molecule has 36 heavy (non-hydrogen) atoms. The van der Waals surface area contributed by atoms with Gasteiger partial charge in [0.2, 0.25) is 6.41 Å². The molecule has 0 unspecified atom stereocenters. The molecule has 1 heterocycles. The Hall–Kier alpha value is -3.48. The largest absolute Gasteiger partial charge is 0.483 e. The molecular formula is C22H19ClF6N4O3. The lowest BCUT2D eigenvalue weighted by atomic mass is 10.1. The zero-order valence-corrected chi connectivity index (χ0v) is 19.4. The maximum Gasteiger partial charge on any atom is 0.422 e. The van der Waals surface area contributed by atoms with Crippen LogP contribution in [0.4, 0.5) is 37.7 Å². The van der Waals surface area contributed by atoms with E-state index in [0.717, 1.165) is 23.9 Å². The average Bonchev–Trinajstić information content (AvgIpc) is 2.79. The van der Waals surface area contributed by atoms with Crippen LogP contribution in [-0.2, 0) is 4.79 Å². The Morgan fingerprint density at radius 1 is 1.19 bits per heavy atom. The Morgan fingerprint density at radius 2 is 1.92 bits per heavy atom. The second kappa shape index (κ2) is 11.1. The molecule has 2 amide bonds. The molecular weight excluding hydrogens is 518 g/mol. The topological polar surface area (TPSA) is 74.2 Å². The molecule has 1 aliphatic rings. The lowest BCUT2D eigenvalue weighted by Gasteiger charge is -2.26. The number of nitrogens with zero attached hydrogens (tertiary/aromatic N) is 3. The number of ether oxygens (including phenoxy) is 1. The number of alkyl halides is 3. The van der Waals surface area contributed by atoms with Crippen LogP contribution in [0.15, 0.2) is 29.4 Å². The summed E-state index contributed by atoms with van der Waals surface area (Å²) in [6.45, 7) is -1.42. The van der Waals surface area contributed by atoms with Gasteiger partial charge in [-0.25, -0.2) is 13.2 Å². The summed E-state index contributed by atoms with van der Waals surface area (Å²) in [6, 6.07) is 2.53. The highest BCUT2D eigenvalue weighted by Gasteiger charge is 2.30. The van der Waals surface area contributed by atoms with E-state index in [2.05, 4.69) is 5.10 Å². The second-order valence-electron chi connectivity index (χ2n) is 7.70. The molecule has 1 saturated heterocycles. The summed E-state index contributed by atoms with van der Waals surface area (Å²) in [5.74, 6) is -5.01. The van der Waals surface area contributed by atoms with Crippen molar-refractivity contribution in [2.24, 2.45) is 5.10 Å². The summed E-state index contributed by atoms with van der Waals surface area (Å²) in [7, 11) is 1.30. The number of likely N-dealkylation sites (tertiary alicyclic amines) is 1. The first-order valence-electron chi connectivity index (χ1n) is 10.4. The number of anilines is 2. The van der Waals surface area contributed by atoms with E-state index in [0.29, 0.717) is 43.4 Å². The third kappa shape index (κ3) is 6.59. The monoisotopic (exact) mass is 536 g/mol. The number of carbonyl (C=O) groups is 2. The van der Waals surface area contributed by atoms with Gasteiger partial charge in [0.05, 0.1) is 22.0 Å². The lowest BCUT2D eigenvalue weighted by Crippen LogP contribution is -2.36. The van der Waals surface area contributed by atoms with Gasteiger partial charge in [-0.1, -0.05) is 11.6 Å². The molecule has 0 atom stereocenters. The molecule has 0 radical (unpaired) electrons. The van der Waals surface area contributed by atoms with Crippen molar-refractivity contribution in [3.8, 4) is 5.75 Å². The predicted octanol–water partition coefficient (Wildman–Crippen LogP) is 5.34. The van der Waals surface area contributed by atoms with Crippen LogP contribution in [-0.4, -0.2) is 49.4 Å². The van der Waals surface area contributed by atoms with E-state index in [4.69, 9.17) is 16.3 Å².